The molecule has 2 aliphatic heterocycles. The molecule has 0 unspecified atom stereocenters. The van der Waals surface area contributed by atoms with E-state index in [4.69, 9.17) is 14.9 Å². The second-order valence-electron chi connectivity index (χ2n) is 9.25. The minimum absolute atomic E-state index is 0.0739. The van der Waals surface area contributed by atoms with Crippen LogP contribution in [0.25, 0.3) is 0 Å². The quantitative estimate of drug-likeness (QED) is 0.581. The summed E-state index contributed by atoms with van der Waals surface area (Å²) in [6, 6.07) is 6.41. The maximum atomic E-state index is 15.0. The van der Waals surface area contributed by atoms with Crippen LogP contribution in [0.5, 0.6) is 11.5 Å². The SMILES string of the molecule is COc1cc2c(c(F)c1OC)C(=N)N(CC(=O)c1ccc3c(c1)C(C)(C)CC(=O)N3CC(=O)O)C2. The number of ketones is 1. The highest BCUT2D eigenvalue weighted by Crippen LogP contribution is 2.41. The van der Waals surface area contributed by atoms with E-state index in [1.54, 1.807) is 24.3 Å². The zero-order chi connectivity index (χ0) is 25.7. The number of amidine groups is 1. The molecule has 2 aromatic carbocycles. The molecule has 0 radical (unpaired) electrons. The van der Waals surface area contributed by atoms with Crippen molar-refractivity contribution < 1.29 is 33.4 Å². The summed E-state index contributed by atoms with van der Waals surface area (Å²) in [7, 11) is 2.71. The number of nitrogens with one attached hydrogen (secondary N) is 1. The zero-order valence-corrected chi connectivity index (χ0v) is 19.9. The first-order valence-electron chi connectivity index (χ1n) is 11.0. The van der Waals surface area contributed by atoms with Gasteiger partial charge < -0.3 is 24.4 Å². The number of Topliss-reactive ketones (excluding diaryl/α,β-unsaturated/α-hetero) is 1. The number of nitrogens with zero attached hydrogens (tertiary/aromatic N) is 2. The summed E-state index contributed by atoms with van der Waals surface area (Å²) in [5.41, 5.74) is 1.53. The lowest BCUT2D eigenvalue weighted by atomic mass is 9.76. The van der Waals surface area contributed by atoms with Crippen LogP contribution in [0.3, 0.4) is 0 Å². The van der Waals surface area contributed by atoms with Crippen molar-refractivity contribution in [2.24, 2.45) is 0 Å². The van der Waals surface area contributed by atoms with Crippen LogP contribution in [-0.2, 0) is 21.5 Å². The molecule has 0 fully saturated rings. The van der Waals surface area contributed by atoms with Gasteiger partial charge in [0.15, 0.2) is 23.1 Å². The van der Waals surface area contributed by atoms with Gasteiger partial charge >= 0.3 is 5.97 Å². The van der Waals surface area contributed by atoms with Gasteiger partial charge in [-0.25, -0.2) is 4.39 Å². The summed E-state index contributed by atoms with van der Waals surface area (Å²) in [6.45, 7) is 3.28. The van der Waals surface area contributed by atoms with E-state index in [9.17, 15) is 19.5 Å². The van der Waals surface area contributed by atoms with Crippen molar-refractivity contribution >= 4 is 29.2 Å². The van der Waals surface area contributed by atoms with Crippen molar-refractivity contribution in [3.05, 3.63) is 52.3 Å². The standard InChI is InChI=1S/C25H26FN3O6/c1-25(2)9-19(31)29(12-20(32)33)16-6-5-13(7-15(16)25)17(30)11-28-10-14-8-18(34-3)23(35-4)22(26)21(14)24(28)27/h5-8,27H,9-12H2,1-4H3,(H,32,33). The molecule has 184 valence electrons. The number of hydrogen-bond acceptors (Lipinski definition) is 6. The Bertz CT molecular complexity index is 1270. The number of aliphatic carboxylic acids is 1. The van der Waals surface area contributed by atoms with Crippen LogP contribution >= 0.6 is 0 Å². The summed E-state index contributed by atoms with van der Waals surface area (Å²) in [5.74, 6) is -2.42. The van der Waals surface area contributed by atoms with Crippen molar-refractivity contribution in [1.82, 2.24) is 4.90 Å². The molecule has 4 rings (SSSR count). The van der Waals surface area contributed by atoms with E-state index < -0.39 is 23.7 Å². The number of anilines is 1. The predicted octanol–water partition coefficient (Wildman–Crippen LogP) is 2.97. The van der Waals surface area contributed by atoms with Gasteiger partial charge in [0.25, 0.3) is 0 Å². The minimum Gasteiger partial charge on any atom is -0.493 e. The molecule has 0 aromatic heterocycles. The zero-order valence-electron chi connectivity index (χ0n) is 19.9. The van der Waals surface area contributed by atoms with E-state index in [2.05, 4.69) is 0 Å². The third-order valence-corrected chi connectivity index (χ3v) is 6.47. The second kappa shape index (κ2) is 8.68. The maximum absolute atomic E-state index is 15.0. The number of ether oxygens (including phenoxy) is 2. The molecule has 1 amide bonds. The molecule has 2 N–H and O–H groups in total. The number of methoxy groups -OCH3 is 2. The first-order valence-corrected chi connectivity index (χ1v) is 11.0. The number of halogens is 1. The number of fused-ring (bicyclic) bond motifs is 2. The number of carbonyl (C=O) groups excluding carboxylic acids is 2. The Morgan fingerprint density at radius 3 is 2.51 bits per heavy atom. The van der Waals surface area contributed by atoms with Gasteiger partial charge in [0.05, 0.1) is 26.3 Å². The Kier molecular flexibility index (Phi) is 6.00. The Balaban J connectivity index is 1.62. The van der Waals surface area contributed by atoms with Crippen LogP contribution in [-0.4, -0.2) is 60.8 Å². The van der Waals surface area contributed by atoms with E-state index in [1.807, 2.05) is 13.8 Å². The van der Waals surface area contributed by atoms with E-state index in [1.165, 1.54) is 24.0 Å². The van der Waals surface area contributed by atoms with Crippen LogP contribution in [0, 0.1) is 11.2 Å². The second-order valence-corrected chi connectivity index (χ2v) is 9.25. The molecule has 2 aliphatic rings. The van der Waals surface area contributed by atoms with Crippen molar-refractivity contribution in [2.75, 3.05) is 32.2 Å². The summed E-state index contributed by atoms with van der Waals surface area (Å²) < 4.78 is 25.3. The molecule has 9 nitrogen and oxygen atoms in total. The number of hydrogen-bond donors (Lipinski definition) is 2. The van der Waals surface area contributed by atoms with Crippen LogP contribution in [0.4, 0.5) is 10.1 Å². The van der Waals surface area contributed by atoms with Gasteiger partial charge in [0.1, 0.15) is 12.4 Å². The first kappa shape index (κ1) is 24.2. The fourth-order valence-corrected chi connectivity index (χ4v) is 4.72. The minimum atomic E-state index is -1.13. The predicted molar refractivity (Wildman–Crippen MR) is 125 cm³/mol. The highest BCUT2D eigenvalue weighted by atomic mass is 19.1. The number of benzene rings is 2. The lowest BCUT2D eigenvalue weighted by Crippen LogP contribution is -2.44. The molecule has 0 aliphatic carbocycles. The Labute approximate surface area is 201 Å². The van der Waals surface area contributed by atoms with Crippen LogP contribution < -0.4 is 14.4 Å². The normalized spacial score (nSPS) is 16.1. The molecule has 2 aromatic rings. The van der Waals surface area contributed by atoms with E-state index in [0.717, 1.165) is 0 Å². The topological polar surface area (TPSA) is 120 Å². The number of carboxylic acid groups (broad SMARTS) is 1. The Hall–Kier alpha value is -3.95. The third-order valence-electron chi connectivity index (χ3n) is 6.47. The van der Waals surface area contributed by atoms with Crippen LogP contribution in [0.15, 0.2) is 24.3 Å². The smallest absolute Gasteiger partial charge is 0.323 e. The van der Waals surface area contributed by atoms with Crippen LogP contribution in [0.2, 0.25) is 0 Å². The molecule has 2 heterocycles. The monoisotopic (exact) mass is 483 g/mol. The molecule has 35 heavy (non-hydrogen) atoms. The number of carboxylic acids is 1. The molecule has 0 atom stereocenters. The molecule has 0 saturated heterocycles. The molecular formula is C25H26FN3O6. The highest BCUT2D eigenvalue weighted by molar-refractivity contribution is 6.07. The van der Waals surface area contributed by atoms with E-state index in [0.29, 0.717) is 22.4 Å². The average Bonchev–Trinajstić information content (AvgIpc) is 3.10. The number of amides is 1. The van der Waals surface area contributed by atoms with Gasteiger partial charge in [0, 0.05) is 29.6 Å². The molecule has 10 heteroatoms. The lowest BCUT2D eigenvalue weighted by molar-refractivity contribution is -0.137. The number of rotatable bonds is 7. The van der Waals surface area contributed by atoms with E-state index >= 15 is 4.39 Å². The van der Waals surface area contributed by atoms with Gasteiger partial charge in [-0.15, -0.1) is 0 Å². The molecule has 0 bridgehead atoms. The summed E-state index contributed by atoms with van der Waals surface area (Å²) in [5, 5.41) is 17.7. The van der Waals surface area contributed by atoms with Gasteiger partial charge in [-0.1, -0.05) is 13.8 Å². The van der Waals surface area contributed by atoms with Gasteiger partial charge in [-0.3, -0.25) is 19.8 Å². The van der Waals surface area contributed by atoms with Crippen LogP contribution in [0.1, 0.15) is 47.3 Å². The Morgan fingerprint density at radius 2 is 1.89 bits per heavy atom. The van der Waals surface area contributed by atoms with Crippen molar-refractivity contribution in [1.29, 1.82) is 5.41 Å². The summed E-state index contributed by atoms with van der Waals surface area (Å²) in [6.07, 6.45) is 0.111. The molecule has 0 spiro atoms. The van der Waals surface area contributed by atoms with Gasteiger partial charge in [-0.05, 0) is 35.4 Å². The molecular weight excluding hydrogens is 457 g/mol. The average molecular weight is 483 g/mol. The fraction of sp³-hybridized carbons (Fsp3) is 0.360. The number of carbonyl (C=O) groups is 3. The van der Waals surface area contributed by atoms with E-state index in [-0.39, 0.29) is 54.1 Å². The summed E-state index contributed by atoms with van der Waals surface area (Å²) >= 11 is 0. The lowest BCUT2D eigenvalue weighted by Gasteiger charge is -2.38. The van der Waals surface area contributed by atoms with Crippen molar-refractivity contribution in [2.45, 2.75) is 32.2 Å². The van der Waals surface area contributed by atoms with Crippen molar-refractivity contribution in [3.63, 3.8) is 0 Å². The highest BCUT2D eigenvalue weighted by Gasteiger charge is 2.38. The Morgan fingerprint density at radius 1 is 1.17 bits per heavy atom. The van der Waals surface area contributed by atoms with Gasteiger partial charge in [0.2, 0.25) is 5.91 Å². The largest absolute Gasteiger partial charge is 0.493 e. The van der Waals surface area contributed by atoms with Gasteiger partial charge in [-0.2, -0.15) is 0 Å². The van der Waals surface area contributed by atoms with Crippen molar-refractivity contribution in [3.8, 4) is 11.5 Å². The maximum Gasteiger partial charge on any atom is 0.323 e. The molecule has 0 saturated carbocycles. The first-order chi connectivity index (χ1) is 16.5. The summed E-state index contributed by atoms with van der Waals surface area (Å²) in [4.78, 5) is 39.7. The fourth-order valence-electron chi connectivity index (χ4n) is 4.72. The third kappa shape index (κ3) is 4.09.